The molecule has 0 aliphatic carbocycles. The van der Waals surface area contributed by atoms with Crippen molar-refractivity contribution < 1.29 is 4.79 Å². The molecule has 0 aliphatic heterocycles. The molecule has 0 unspecified atom stereocenters. The summed E-state index contributed by atoms with van der Waals surface area (Å²) < 4.78 is 0. The van der Waals surface area contributed by atoms with Crippen molar-refractivity contribution >= 4 is 23.3 Å². The molecule has 0 radical (unpaired) electrons. The quantitative estimate of drug-likeness (QED) is 0.818. The fourth-order valence-corrected chi connectivity index (χ4v) is 1.38. The topological polar surface area (TPSA) is 57.8 Å². The van der Waals surface area contributed by atoms with Crippen LogP contribution < -0.4 is 5.32 Å². The zero-order valence-corrected chi connectivity index (χ0v) is 8.45. The fraction of sp³-hybridized carbons (Fsp3) is 0. The van der Waals surface area contributed by atoms with Gasteiger partial charge < -0.3 is 5.32 Å². The van der Waals surface area contributed by atoms with Gasteiger partial charge in [0.05, 0.1) is 10.6 Å². The van der Waals surface area contributed by atoms with Gasteiger partial charge in [0.15, 0.2) is 5.82 Å². The maximum atomic E-state index is 11.7. The smallest absolute Gasteiger partial charge is 0.258 e. The Morgan fingerprint density at radius 3 is 2.80 bits per heavy atom. The molecule has 4 nitrogen and oxygen atoms in total. The number of hydrogen-bond donors (Lipinski definition) is 2. The van der Waals surface area contributed by atoms with Crippen molar-refractivity contribution in [3.05, 3.63) is 47.1 Å². The van der Waals surface area contributed by atoms with E-state index in [-0.39, 0.29) is 5.91 Å². The molecule has 1 aromatic heterocycles. The van der Waals surface area contributed by atoms with E-state index in [1.165, 1.54) is 0 Å². The predicted molar refractivity (Wildman–Crippen MR) is 58.0 cm³/mol. The van der Waals surface area contributed by atoms with Crippen LogP contribution in [0.5, 0.6) is 0 Å². The Morgan fingerprint density at radius 1 is 1.33 bits per heavy atom. The van der Waals surface area contributed by atoms with E-state index in [1.54, 1.807) is 36.5 Å². The van der Waals surface area contributed by atoms with Gasteiger partial charge in [0.2, 0.25) is 0 Å². The van der Waals surface area contributed by atoms with Gasteiger partial charge in [0.1, 0.15) is 0 Å². The van der Waals surface area contributed by atoms with Crippen LogP contribution in [0.1, 0.15) is 10.4 Å². The Morgan fingerprint density at radius 2 is 2.13 bits per heavy atom. The summed E-state index contributed by atoms with van der Waals surface area (Å²) in [5.41, 5.74) is 0.433. The second-order valence-corrected chi connectivity index (χ2v) is 3.30. The number of halogens is 1. The average molecular weight is 222 g/mol. The molecule has 0 aliphatic rings. The molecule has 2 aromatic rings. The van der Waals surface area contributed by atoms with Crippen LogP contribution in [-0.4, -0.2) is 16.1 Å². The van der Waals surface area contributed by atoms with E-state index in [9.17, 15) is 4.79 Å². The second kappa shape index (κ2) is 4.14. The molecule has 2 N–H and O–H groups in total. The third kappa shape index (κ3) is 2.16. The van der Waals surface area contributed by atoms with Gasteiger partial charge in [-0.05, 0) is 12.1 Å². The summed E-state index contributed by atoms with van der Waals surface area (Å²) in [6.07, 6.45) is 1.63. The highest BCUT2D eigenvalue weighted by molar-refractivity contribution is 6.34. The first-order valence-corrected chi connectivity index (χ1v) is 4.71. The molecule has 1 aromatic carbocycles. The number of carbonyl (C=O) groups is 1. The van der Waals surface area contributed by atoms with Gasteiger partial charge in [-0.3, -0.25) is 9.89 Å². The van der Waals surface area contributed by atoms with Crippen molar-refractivity contribution in [2.24, 2.45) is 0 Å². The Hall–Kier alpha value is -1.81. The summed E-state index contributed by atoms with van der Waals surface area (Å²) in [6, 6.07) is 8.51. The number of rotatable bonds is 2. The van der Waals surface area contributed by atoms with Crippen LogP contribution in [0.2, 0.25) is 5.02 Å². The number of benzene rings is 1. The first-order chi connectivity index (χ1) is 7.27. The van der Waals surface area contributed by atoms with Crippen LogP contribution >= 0.6 is 11.6 Å². The van der Waals surface area contributed by atoms with Crippen molar-refractivity contribution in [2.45, 2.75) is 0 Å². The molecule has 0 fully saturated rings. The van der Waals surface area contributed by atoms with E-state index < -0.39 is 0 Å². The predicted octanol–water partition coefficient (Wildman–Crippen LogP) is 2.32. The van der Waals surface area contributed by atoms with Gasteiger partial charge in [-0.25, -0.2) is 0 Å². The summed E-state index contributed by atoms with van der Waals surface area (Å²) >= 11 is 5.87. The first kappa shape index (κ1) is 9.73. The molecule has 15 heavy (non-hydrogen) atoms. The standard InChI is InChI=1S/C10H8ClN3O/c11-8-4-2-1-3-7(8)10(15)13-9-5-6-12-14-9/h1-6H,(H2,12,13,14,15). The Bertz CT molecular complexity index is 467. The maximum Gasteiger partial charge on any atom is 0.258 e. The Labute approximate surface area is 91.3 Å². The van der Waals surface area contributed by atoms with Crippen LogP contribution in [0.25, 0.3) is 0 Å². The second-order valence-electron chi connectivity index (χ2n) is 2.89. The van der Waals surface area contributed by atoms with Gasteiger partial charge in [-0.15, -0.1) is 0 Å². The van der Waals surface area contributed by atoms with E-state index in [1.807, 2.05) is 0 Å². The van der Waals surface area contributed by atoms with E-state index in [0.29, 0.717) is 16.4 Å². The highest BCUT2D eigenvalue weighted by atomic mass is 35.5. The highest BCUT2D eigenvalue weighted by Gasteiger charge is 2.09. The van der Waals surface area contributed by atoms with Gasteiger partial charge in [-0.2, -0.15) is 5.10 Å². The molecule has 0 saturated carbocycles. The largest absolute Gasteiger partial charge is 0.305 e. The Kier molecular flexibility index (Phi) is 2.69. The molecule has 2 rings (SSSR count). The monoisotopic (exact) mass is 221 g/mol. The minimum Gasteiger partial charge on any atom is -0.305 e. The van der Waals surface area contributed by atoms with E-state index in [2.05, 4.69) is 15.5 Å². The minimum atomic E-state index is -0.271. The first-order valence-electron chi connectivity index (χ1n) is 4.33. The summed E-state index contributed by atoms with van der Waals surface area (Å²) in [5, 5.41) is 9.45. The molecule has 0 bridgehead atoms. The number of nitrogens with one attached hydrogen (secondary N) is 2. The van der Waals surface area contributed by atoms with Gasteiger partial charge in [0.25, 0.3) is 5.91 Å². The summed E-state index contributed by atoms with van der Waals surface area (Å²) in [4.78, 5) is 11.7. The lowest BCUT2D eigenvalue weighted by Crippen LogP contribution is -2.12. The van der Waals surface area contributed by atoms with E-state index in [4.69, 9.17) is 11.6 Å². The number of anilines is 1. The van der Waals surface area contributed by atoms with Crippen molar-refractivity contribution in [2.75, 3.05) is 5.32 Å². The minimum absolute atomic E-state index is 0.271. The number of amides is 1. The molecule has 1 amide bonds. The average Bonchev–Trinajstić information content (AvgIpc) is 2.71. The molecular weight excluding hydrogens is 214 g/mol. The van der Waals surface area contributed by atoms with Gasteiger partial charge in [0, 0.05) is 12.3 Å². The van der Waals surface area contributed by atoms with Crippen LogP contribution in [-0.2, 0) is 0 Å². The number of H-pyrrole nitrogens is 1. The van der Waals surface area contributed by atoms with Crippen molar-refractivity contribution in [3.63, 3.8) is 0 Å². The van der Waals surface area contributed by atoms with Crippen LogP contribution in [0, 0.1) is 0 Å². The van der Waals surface area contributed by atoms with E-state index in [0.717, 1.165) is 0 Å². The zero-order chi connectivity index (χ0) is 10.7. The fourth-order valence-electron chi connectivity index (χ4n) is 1.16. The molecule has 5 heteroatoms. The lowest BCUT2D eigenvalue weighted by Gasteiger charge is -2.02. The molecule has 0 saturated heterocycles. The lowest BCUT2D eigenvalue weighted by molar-refractivity contribution is 0.102. The van der Waals surface area contributed by atoms with Crippen molar-refractivity contribution in [1.82, 2.24) is 10.2 Å². The molecule has 0 atom stereocenters. The SMILES string of the molecule is O=C(Nc1cc[nH]n1)c1ccccc1Cl. The summed E-state index contributed by atoms with van der Waals surface area (Å²) in [6.45, 7) is 0. The van der Waals surface area contributed by atoms with Crippen LogP contribution in [0.3, 0.4) is 0 Å². The van der Waals surface area contributed by atoms with E-state index >= 15 is 0 Å². The molecular formula is C10H8ClN3O. The molecule has 1 heterocycles. The number of aromatic nitrogens is 2. The van der Waals surface area contributed by atoms with Crippen molar-refractivity contribution in [1.29, 1.82) is 0 Å². The van der Waals surface area contributed by atoms with Crippen LogP contribution in [0.4, 0.5) is 5.82 Å². The Balaban J connectivity index is 2.19. The number of hydrogen-bond acceptors (Lipinski definition) is 2. The molecule has 0 spiro atoms. The zero-order valence-electron chi connectivity index (χ0n) is 7.70. The number of nitrogens with zero attached hydrogens (tertiary/aromatic N) is 1. The third-order valence-electron chi connectivity index (χ3n) is 1.86. The van der Waals surface area contributed by atoms with Crippen molar-refractivity contribution in [3.8, 4) is 0 Å². The highest BCUT2D eigenvalue weighted by Crippen LogP contribution is 2.16. The van der Waals surface area contributed by atoms with Crippen LogP contribution in [0.15, 0.2) is 36.5 Å². The molecule has 76 valence electrons. The van der Waals surface area contributed by atoms with Gasteiger partial charge >= 0.3 is 0 Å². The summed E-state index contributed by atoms with van der Waals surface area (Å²) in [7, 11) is 0. The number of carbonyl (C=O) groups excluding carboxylic acids is 1. The lowest BCUT2D eigenvalue weighted by atomic mass is 10.2. The third-order valence-corrected chi connectivity index (χ3v) is 2.19. The summed E-state index contributed by atoms with van der Waals surface area (Å²) in [5.74, 6) is 0.201. The normalized spacial score (nSPS) is 9.93. The van der Waals surface area contributed by atoms with Gasteiger partial charge in [-0.1, -0.05) is 23.7 Å². The maximum absolute atomic E-state index is 11.7. The number of aromatic amines is 1.